The van der Waals surface area contributed by atoms with Crippen LogP contribution in [-0.2, 0) is 9.59 Å². The van der Waals surface area contributed by atoms with Gasteiger partial charge in [-0.1, -0.05) is 10.4 Å². The molecule has 4 aromatic rings. The molecule has 154 valence electrons. The molecule has 2 aromatic carbocycles. The molecule has 0 saturated carbocycles. The Hall–Kier alpha value is -4.10. The van der Waals surface area contributed by atoms with Crippen LogP contribution in [0.15, 0.2) is 24.3 Å². The number of nitrogens with zero attached hydrogens (tertiary/aromatic N) is 6. The number of benzene rings is 2. The molecular weight excluding hydrogens is 412 g/mol. The Morgan fingerprint density at radius 1 is 0.800 bits per heavy atom. The minimum absolute atomic E-state index is 0.275. The summed E-state index contributed by atoms with van der Waals surface area (Å²) in [6.07, 6.45) is 0. The average Bonchev–Trinajstić information content (AvgIpc) is 3.23. The highest BCUT2D eigenvalue weighted by atomic mass is 19.1. The van der Waals surface area contributed by atoms with Crippen molar-refractivity contribution < 1.29 is 27.2 Å². The van der Waals surface area contributed by atoms with Gasteiger partial charge in [0.15, 0.2) is 23.7 Å². The molecule has 0 aliphatic carbocycles. The Balaban J connectivity index is 1.98. The molecule has 4 N–H and O–H groups in total. The summed E-state index contributed by atoms with van der Waals surface area (Å²) in [5.74, 6) is -6.65. The summed E-state index contributed by atoms with van der Waals surface area (Å²) < 4.78 is 56.8. The van der Waals surface area contributed by atoms with E-state index >= 15 is 0 Å². The molecule has 0 saturated heterocycles. The SMILES string of the molecule is NC(=O)C(C(C(N)=O)n1nnc2cc(F)cc(F)c21)n1nnc2c(F)cc(F)cc21. The number of halogens is 4. The van der Waals surface area contributed by atoms with Gasteiger partial charge in [-0.3, -0.25) is 9.59 Å². The van der Waals surface area contributed by atoms with Gasteiger partial charge in [0.25, 0.3) is 0 Å². The second-order valence-corrected chi connectivity index (χ2v) is 6.27. The van der Waals surface area contributed by atoms with E-state index < -0.39 is 58.2 Å². The molecule has 2 aromatic heterocycles. The molecule has 2 heterocycles. The van der Waals surface area contributed by atoms with Crippen molar-refractivity contribution in [3.63, 3.8) is 0 Å². The Labute approximate surface area is 163 Å². The zero-order chi connectivity index (χ0) is 21.7. The third-order valence-electron chi connectivity index (χ3n) is 4.39. The van der Waals surface area contributed by atoms with Crippen molar-refractivity contribution in [1.82, 2.24) is 30.0 Å². The summed E-state index contributed by atoms with van der Waals surface area (Å²) in [6, 6.07) is -0.973. The van der Waals surface area contributed by atoms with E-state index in [-0.39, 0.29) is 11.0 Å². The number of nitrogens with two attached hydrogens (primary N) is 2. The molecule has 2 unspecified atom stereocenters. The van der Waals surface area contributed by atoms with E-state index in [1.54, 1.807) is 0 Å². The van der Waals surface area contributed by atoms with Crippen molar-refractivity contribution in [2.75, 3.05) is 0 Å². The van der Waals surface area contributed by atoms with Crippen molar-refractivity contribution in [2.45, 2.75) is 12.1 Å². The Morgan fingerprint density at radius 3 is 2.03 bits per heavy atom. The molecule has 0 fully saturated rings. The number of amides is 2. The number of hydrogen-bond acceptors (Lipinski definition) is 6. The monoisotopic (exact) mass is 422 g/mol. The molecule has 0 radical (unpaired) electrons. The van der Waals surface area contributed by atoms with Crippen LogP contribution in [0, 0.1) is 23.3 Å². The van der Waals surface area contributed by atoms with E-state index in [0.717, 1.165) is 12.1 Å². The summed E-state index contributed by atoms with van der Waals surface area (Å²) in [6.45, 7) is 0. The van der Waals surface area contributed by atoms with Crippen molar-refractivity contribution in [1.29, 1.82) is 0 Å². The Morgan fingerprint density at radius 2 is 1.37 bits per heavy atom. The van der Waals surface area contributed by atoms with E-state index in [0.29, 0.717) is 21.5 Å². The van der Waals surface area contributed by atoms with Gasteiger partial charge in [-0.2, -0.15) is 0 Å². The number of rotatable bonds is 5. The smallest absolute Gasteiger partial charge is 0.245 e. The maximum absolute atomic E-state index is 14.4. The molecule has 14 heteroatoms. The van der Waals surface area contributed by atoms with Gasteiger partial charge in [0, 0.05) is 24.3 Å². The number of primary amides is 2. The lowest BCUT2D eigenvalue weighted by Gasteiger charge is -2.23. The van der Waals surface area contributed by atoms with Crippen LogP contribution in [0.3, 0.4) is 0 Å². The first-order chi connectivity index (χ1) is 14.2. The second-order valence-electron chi connectivity index (χ2n) is 6.27. The zero-order valence-electron chi connectivity index (χ0n) is 14.6. The number of carbonyl (C=O) groups is 2. The minimum Gasteiger partial charge on any atom is -0.368 e. The predicted octanol–water partition coefficient (Wildman–Crippen LogP) is 0.485. The van der Waals surface area contributed by atoms with Gasteiger partial charge >= 0.3 is 0 Å². The van der Waals surface area contributed by atoms with E-state index in [4.69, 9.17) is 11.5 Å². The molecular formula is C16H10F4N8O2. The van der Waals surface area contributed by atoms with E-state index in [1.807, 2.05) is 0 Å². The summed E-state index contributed by atoms with van der Waals surface area (Å²) in [4.78, 5) is 24.5. The topological polar surface area (TPSA) is 148 Å². The van der Waals surface area contributed by atoms with Gasteiger partial charge in [0.1, 0.15) is 28.2 Å². The van der Waals surface area contributed by atoms with Crippen molar-refractivity contribution >= 4 is 33.9 Å². The van der Waals surface area contributed by atoms with Crippen LogP contribution in [0.4, 0.5) is 17.6 Å². The molecule has 10 nitrogen and oxygen atoms in total. The van der Waals surface area contributed by atoms with Gasteiger partial charge < -0.3 is 11.5 Å². The normalized spacial score (nSPS) is 13.6. The van der Waals surface area contributed by atoms with E-state index in [1.165, 1.54) is 0 Å². The van der Waals surface area contributed by atoms with Crippen LogP contribution in [0.2, 0.25) is 0 Å². The van der Waals surface area contributed by atoms with Crippen molar-refractivity contribution in [3.8, 4) is 0 Å². The van der Waals surface area contributed by atoms with Gasteiger partial charge in [-0.05, 0) is 0 Å². The standard InChI is InChI=1S/C16H10F4N8O2/c17-5-2-8(20)12-9(3-5)23-25-28(12)14(16(22)30)13(15(21)29)27-10-4-6(18)1-7(19)11(10)24-26-27/h1-4,13-14H,(H2,21,29)(H2,22,30). The fourth-order valence-corrected chi connectivity index (χ4v) is 3.18. The molecule has 0 spiro atoms. The first kappa shape index (κ1) is 19.2. The molecule has 2 amide bonds. The number of carbonyl (C=O) groups excluding carboxylic acids is 2. The van der Waals surface area contributed by atoms with Crippen LogP contribution in [0.1, 0.15) is 12.1 Å². The average molecular weight is 422 g/mol. The summed E-state index contributed by atoms with van der Waals surface area (Å²) in [7, 11) is 0. The lowest BCUT2D eigenvalue weighted by molar-refractivity contribution is -0.130. The second kappa shape index (κ2) is 6.75. The van der Waals surface area contributed by atoms with Gasteiger partial charge in [-0.15, -0.1) is 10.2 Å². The lowest BCUT2D eigenvalue weighted by atomic mass is 10.1. The van der Waals surface area contributed by atoms with Gasteiger partial charge in [0.05, 0.1) is 5.52 Å². The Kier molecular flexibility index (Phi) is 4.33. The molecule has 30 heavy (non-hydrogen) atoms. The summed E-state index contributed by atoms with van der Waals surface area (Å²) in [5.41, 5.74) is 9.35. The summed E-state index contributed by atoms with van der Waals surface area (Å²) in [5, 5.41) is 14.3. The molecule has 0 bridgehead atoms. The van der Waals surface area contributed by atoms with Crippen LogP contribution in [0.5, 0.6) is 0 Å². The highest BCUT2D eigenvalue weighted by Crippen LogP contribution is 2.30. The van der Waals surface area contributed by atoms with E-state index in [2.05, 4.69) is 20.6 Å². The fourth-order valence-electron chi connectivity index (χ4n) is 3.18. The number of hydrogen-bond donors (Lipinski definition) is 2. The molecule has 0 aliphatic rings. The largest absolute Gasteiger partial charge is 0.368 e. The highest BCUT2D eigenvalue weighted by molar-refractivity contribution is 5.91. The van der Waals surface area contributed by atoms with Crippen LogP contribution in [-0.4, -0.2) is 41.8 Å². The minimum atomic E-state index is -1.84. The highest BCUT2D eigenvalue weighted by Gasteiger charge is 2.39. The van der Waals surface area contributed by atoms with Crippen LogP contribution >= 0.6 is 0 Å². The number of fused-ring (bicyclic) bond motifs is 2. The molecule has 4 rings (SSSR count). The predicted molar refractivity (Wildman–Crippen MR) is 91.4 cm³/mol. The quantitative estimate of drug-likeness (QED) is 0.447. The first-order valence-corrected chi connectivity index (χ1v) is 8.17. The maximum Gasteiger partial charge on any atom is 0.245 e. The zero-order valence-corrected chi connectivity index (χ0v) is 14.6. The van der Waals surface area contributed by atoms with Crippen LogP contribution in [0.25, 0.3) is 22.1 Å². The molecule has 2 atom stereocenters. The van der Waals surface area contributed by atoms with Crippen LogP contribution < -0.4 is 11.5 Å². The fraction of sp³-hybridized carbons (Fsp3) is 0.125. The number of aromatic nitrogens is 6. The Bertz CT molecular complexity index is 1330. The van der Waals surface area contributed by atoms with Crippen molar-refractivity contribution in [2.24, 2.45) is 11.5 Å². The lowest BCUT2D eigenvalue weighted by Crippen LogP contribution is -2.41. The third-order valence-corrected chi connectivity index (χ3v) is 4.39. The van der Waals surface area contributed by atoms with Crippen molar-refractivity contribution in [3.05, 3.63) is 47.5 Å². The van der Waals surface area contributed by atoms with E-state index in [9.17, 15) is 27.2 Å². The summed E-state index contributed by atoms with van der Waals surface area (Å²) >= 11 is 0. The third kappa shape index (κ3) is 2.89. The maximum atomic E-state index is 14.4. The molecule has 0 aliphatic heterocycles. The van der Waals surface area contributed by atoms with Gasteiger partial charge in [0.2, 0.25) is 11.8 Å². The first-order valence-electron chi connectivity index (χ1n) is 8.17. The van der Waals surface area contributed by atoms with Gasteiger partial charge in [-0.25, -0.2) is 26.9 Å².